The summed E-state index contributed by atoms with van der Waals surface area (Å²) < 4.78 is 15.9. The number of thiophene rings is 1. The molecule has 3 aromatic rings. The maximum atomic E-state index is 14.0. The quantitative estimate of drug-likeness (QED) is 0.741. The standard InChI is InChI=1S/C16H16FN3S/c1-20-11-7-4-6-10(17)14(11)19-16(20)13-9-5-2-3-8-12(9)21-15(13)18/h4,6-7H,2-3,5,8,18H2,1H3. The van der Waals surface area contributed by atoms with Crippen LogP contribution in [-0.4, -0.2) is 9.55 Å². The molecule has 1 aromatic carbocycles. The molecule has 21 heavy (non-hydrogen) atoms. The minimum absolute atomic E-state index is 0.281. The second-order valence-electron chi connectivity index (χ2n) is 5.55. The highest BCUT2D eigenvalue weighted by Crippen LogP contribution is 2.42. The van der Waals surface area contributed by atoms with Crippen LogP contribution in [0, 0.1) is 5.82 Å². The zero-order valence-corrected chi connectivity index (χ0v) is 12.6. The summed E-state index contributed by atoms with van der Waals surface area (Å²) in [5.74, 6) is 0.504. The number of aromatic nitrogens is 2. The van der Waals surface area contributed by atoms with Crippen LogP contribution in [0.15, 0.2) is 18.2 Å². The molecular weight excluding hydrogens is 285 g/mol. The van der Waals surface area contributed by atoms with Gasteiger partial charge in [0.15, 0.2) is 5.82 Å². The molecule has 0 bridgehead atoms. The summed E-state index contributed by atoms with van der Waals surface area (Å²) in [6.07, 6.45) is 4.56. The van der Waals surface area contributed by atoms with Gasteiger partial charge in [-0.2, -0.15) is 0 Å². The number of hydrogen-bond donors (Lipinski definition) is 1. The first-order valence-electron chi connectivity index (χ1n) is 7.18. The predicted octanol–water partition coefficient (Wildman–Crippen LogP) is 3.90. The van der Waals surface area contributed by atoms with Gasteiger partial charge in [-0.3, -0.25) is 0 Å². The highest BCUT2D eigenvalue weighted by molar-refractivity contribution is 7.16. The molecule has 0 unspecified atom stereocenters. The Morgan fingerprint density at radius 1 is 1.29 bits per heavy atom. The van der Waals surface area contributed by atoms with Crippen molar-refractivity contribution in [2.45, 2.75) is 25.7 Å². The molecule has 1 aliphatic rings. The van der Waals surface area contributed by atoms with Crippen molar-refractivity contribution in [2.24, 2.45) is 7.05 Å². The van der Waals surface area contributed by atoms with Crippen LogP contribution in [0.4, 0.5) is 9.39 Å². The van der Waals surface area contributed by atoms with Crippen LogP contribution in [0.5, 0.6) is 0 Å². The minimum Gasteiger partial charge on any atom is -0.390 e. The van der Waals surface area contributed by atoms with Crippen molar-refractivity contribution in [1.82, 2.24) is 9.55 Å². The third kappa shape index (κ3) is 1.80. The SMILES string of the molecule is Cn1c(-c2c(N)sc3c2CCCC3)nc2c(F)cccc21. The van der Waals surface area contributed by atoms with Crippen molar-refractivity contribution in [3.8, 4) is 11.4 Å². The lowest BCUT2D eigenvalue weighted by Crippen LogP contribution is -2.02. The van der Waals surface area contributed by atoms with Crippen molar-refractivity contribution < 1.29 is 4.39 Å². The fraction of sp³-hybridized carbons (Fsp3) is 0.312. The fourth-order valence-electron chi connectivity index (χ4n) is 3.24. The smallest absolute Gasteiger partial charge is 0.151 e. The molecule has 2 aromatic heterocycles. The summed E-state index contributed by atoms with van der Waals surface area (Å²) >= 11 is 1.67. The maximum absolute atomic E-state index is 14.0. The average Bonchev–Trinajstić information content (AvgIpc) is 2.97. The molecule has 0 saturated heterocycles. The van der Waals surface area contributed by atoms with Gasteiger partial charge in [-0.05, 0) is 43.4 Å². The first-order chi connectivity index (χ1) is 10.2. The number of imidazole rings is 1. The number of nitrogens with zero attached hydrogens (tertiary/aromatic N) is 2. The molecule has 0 atom stereocenters. The van der Waals surface area contributed by atoms with Crippen LogP contribution in [0.2, 0.25) is 0 Å². The fourth-order valence-corrected chi connectivity index (χ4v) is 4.39. The van der Waals surface area contributed by atoms with Gasteiger partial charge in [0.05, 0.1) is 16.1 Å². The first-order valence-corrected chi connectivity index (χ1v) is 8.00. The number of benzene rings is 1. The van der Waals surface area contributed by atoms with E-state index in [1.54, 1.807) is 17.4 Å². The van der Waals surface area contributed by atoms with Crippen molar-refractivity contribution >= 4 is 27.4 Å². The Morgan fingerprint density at radius 2 is 2.10 bits per heavy atom. The zero-order valence-electron chi connectivity index (χ0n) is 11.8. The highest BCUT2D eigenvalue weighted by Gasteiger charge is 2.24. The van der Waals surface area contributed by atoms with E-state index in [0.717, 1.165) is 34.7 Å². The van der Waals surface area contributed by atoms with Gasteiger partial charge in [0.1, 0.15) is 11.3 Å². The molecule has 5 heteroatoms. The molecule has 1 aliphatic carbocycles. The zero-order chi connectivity index (χ0) is 14.6. The van der Waals surface area contributed by atoms with Crippen LogP contribution in [0.3, 0.4) is 0 Å². The van der Waals surface area contributed by atoms with E-state index in [0.29, 0.717) is 5.52 Å². The number of hydrogen-bond acceptors (Lipinski definition) is 3. The van der Waals surface area contributed by atoms with Gasteiger partial charge in [0, 0.05) is 11.9 Å². The number of rotatable bonds is 1. The van der Waals surface area contributed by atoms with Crippen LogP contribution in [0.25, 0.3) is 22.4 Å². The van der Waals surface area contributed by atoms with Crippen molar-refractivity contribution in [3.63, 3.8) is 0 Å². The Hall–Kier alpha value is -1.88. The summed E-state index contributed by atoms with van der Waals surface area (Å²) in [4.78, 5) is 5.91. The number of anilines is 1. The molecule has 0 spiro atoms. The lowest BCUT2D eigenvalue weighted by Gasteiger charge is -2.12. The third-order valence-corrected chi connectivity index (χ3v) is 5.41. The molecular formula is C16H16FN3S. The lowest BCUT2D eigenvalue weighted by molar-refractivity contribution is 0.637. The number of nitrogens with two attached hydrogens (primary N) is 1. The third-order valence-electron chi connectivity index (χ3n) is 4.28. The second kappa shape index (κ2) is 4.56. The second-order valence-corrected chi connectivity index (χ2v) is 6.69. The topological polar surface area (TPSA) is 43.8 Å². The van der Waals surface area contributed by atoms with Crippen molar-refractivity contribution in [1.29, 1.82) is 0 Å². The van der Waals surface area contributed by atoms with Gasteiger partial charge < -0.3 is 10.3 Å². The number of halogens is 1. The molecule has 4 rings (SSSR count). The summed E-state index contributed by atoms with van der Waals surface area (Å²) in [6.45, 7) is 0. The summed E-state index contributed by atoms with van der Waals surface area (Å²) in [6, 6.07) is 5.06. The summed E-state index contributed by atoms with van der Waals surface area (Å²) in [5.41, 5.74) is 9.82. The van der Waals surface area contributed by atoms with Gasteiger partial charge in [0.25, 0.3) is 0 Å². The van der Waals surface area contributed by atoms with E-state index in [-0.39, 0.29) is 5.82 Å². The Morgan fingerprint density at radius 3 is 2.90 bits per heavy atom. The Kier molecular flexibility index (Phi) is 2.79. The Labute approximate surface area is 126 Å². The normalized spacial score (nSPS) is 14.6. The highest BCUT2D eigenvalue weighted by atomic mass is 32.1. The van der Waals surface area contributed by atoms with E-state index in [4.69, 9.17) is 5.73 Å². The molecule has 0 saturated carbocycles. The molecule has 0 amide bonds. The van der Waals surface area contributed by atoms with Crippen LogP contribution in [-0.2, 0) is 19.9 Å². The van der Waals surface area contributed by atoms with E-state index in [1.165, 1.54) is 29.3 Å². The largest absolute Gasteiger partial charge is 0.390 e. The molecule has 0 aliphatic heterocycles. The monoisotopic (exact) mass is 301 g/mol. The predicted molar refractivity (Wildman–Crippen MR) is 85.0 cm³/mol. The lowest BCUT2D eigenvalue weighted by atomic mass is 9.95. The Balaban J connectivity index is 2.01. The van der Waals surface area contributed by atoms with Gasteiger partial charge in [0.2, 0.25) is 0 Å². The van der Waals surface area contributed by atoms with Gasteiger partial charge in [-0.1, -0.05) is 6.07 Å². The minimum atomic E-state index is -0.281. The van der Waals surface area contributed by atoms with Gasteiger partial charge in [-0.25, -0.2) is 9.37 Å². The van der Waals surface area contributed by atoms with E-state index >= 15 is 0 Å². The van der Waals surface area contributed by atoms with Gasteiger partial charge in [-0.15, -0.1) is 11.3 Å². The molecule has 2 heterocycles. The van der Waals surface area contributed by atoms with Crippen molar-refractivity contribution in [2.75, 3.05) is 5.73 Å². The number of aryl methyl sites for hydroxylation is 2. The molecule has 108 valence electrons. The molecule has 2 N–H and O–H groups in total. The molecule has 0 radical (unpaired) electrons. The van der Waals surface area contributed by atoms with E-state index < -0.39 is 0 Å². The van der Waals surface area contributed by atoms with E-state index in [1.807, 2.05) is 17.7 Å². The van der Waals surface area contributed by atoms with E-state index in [9.17, 15) is 4.39 Å². The maximum Gasteiger partial charge on any atom is 0.151 e. The summed E-state index contributed by atoms with van der Waals surface area (Å²) in [7, 11) is 1.93. The molecule has 3 nitrogen and oxygen atoms in total. The Bertz CT molecular complexity index is 847. The number of para-hydroxylation sites is 1. The van der Waals surface area contributed by atoms with Crippen LogP contribution >= 0.6 is 11.3 Å². The van der Waals surface area contributed by atoms with Crippen LogP contribution < -0.4 is 5.73 Å². The first kappa shape index (κ1) is 12.8. The van der Waals surface area contributed by atoms with Crippen molar-refractivity contribution in [3.05, 3.63) is 34.5 Å². The number of fused-ring (bicyclic) bond motifs is 2. The van der Waals surface area contributed by atoms with Crippen LogP contribution in [0.1, 0.15) is 23.3 Å². The van der Waals surface area contributed by atoms with Gasteiger partial charge >= 0.3 is 0 Å². The average molecular weight is 301 g/mol. The summed E-state index contributed by atoms with van der Waals surface area (Å²) in [5, 5.41) is 0.806. The van der Waals surface area contributed by atoms with E-state index in [2.05, 4.69) is 4.98 Å². The molecule has 0 fully saturated rings. The number of nitrogen functional groups attached to an aromatic ring is 1.